The van der Waals surface area contributed by atoms with Crippen LogP contribution in [0.4, 0.5) is 0 Å². The van der Waals surface area contributed by atoms with Crippen molar-refractivity contribution in [3.63, 3.8) is 0 Å². The zero-order chi connectivity index (χ0) is 13.1. The van der Waals surface area contributed by atoms with E-state index in [1.165, 1.54) is 10.3 Å². The summed E-state index contributed by atoms with van der Waals surface area (Å²) in [5, 5.41) is 4.26. The van der Waals surface area contributed by atoms with Gasteiger partial charge in [0, 0.05) is 12.7 Å². The smallest absolute Gasteiger partial charge is 0.119 e. The molecule has 0 unspecified atom stereocenters. The Kier molecular flexibility index (Phi) is 3.29. The Morgan fingerprint density at radius 2 is 1.79 bits per heavy atom. The van der Waals surface area contributed by atoms with E-state index in [0.29, 0.717) is 0 Å². The number of hydrogen-bond acceptors (Lipinski definition) is 3. The van der Waals surface area contributed by atoms with Gasteiger partial charge in [0.1, 0.15) is 5.01 Å². The molecule has 1 N–H and O–H groups in total. The van der Waals surface area contributed by atoms with Gasteiger partial charge in [0.15, 0.2) is 0 Å². The molecule has 1 heterocycles. The van der Waals surface area contributed by atoms with Crippen molar-refractivity contribution in [3.8, 4) is 0 Å². The molecule has 0 aliphatic carbocycles. The lowest BCUT2D eigenvalue weighted by molar-refractivity contribution is 1.13. The van der Waals surface area contributed by atoms with Gasteiger partial charge in [-0.2, -0.15) is 0 Å². The molecule has 2 nitrogen and oxygen atoms in total. The molecule has 0 fully saturated rings. The number of para-hydroxylation sites is 1. The fourth-order valence-electron chi connectivity index (χ4n) is 1.99. The first-order valence-electron chi connectivity index (χ1n) is 6.17. The molecule has 0 amide bonds. The van der Waals surface area contributed by atoms with Gasteiger partial charge in [-0.05, 0) is 23.8 Å². The number of nitrogens with zero attached hydrogens (tertiary/aromatic N) is 1. The van der Waals surface area contributed by atoms with Gasteiger partial charge in [-0.15, -0.1) is 11.3 Å². The van der Waals surface area contributed by atoms with E-state index in [9.17, 15) is 0 Å². The fourth-order valence-corrected chi connectivity index (χ4v) is 2.90. The van der Waals surface area contributed by atoms with E-state index in [0.717, 1.165) is 16.2 Å². The van der Waals surface area contributed by atoms with Crippen LogP contribution in [0.3, 0.4) is 0 Å². The minimum atomic E-state index is 1.02. The van der Waals surface area contributed by atoms with Gasteiger partial charge >= 0.3 is 0 Å². The van der Waals surface area contributed by atoms with Gasteiger partial charge in [0.25, 0.3) is 0 Å². The van der Waals surface area contributed by atoms with Crippen LogP contribution in [0.25, 0.3) is 22.0 Å². The maximum atomic E-state index is 4.63. The molecule has 3 aromatic rings. The Balaban J connectivity index is 2.03. The van der Waals surface area contributed by atoms with Crippen molar-refractivity contribution in [2.75, 3.05) is 7.05 Å². The molecule has 0 bridgehead atoms. The zero-order valence-corrected chi connectivity index (χ0v) is 11.4. The number of fused-ring (bicyclic) bond motifs is 1. The van der Waals surface area contributed by atoms with Crippen LogP contribution in [0.2, 0.25) is 0 Å². The molecule has 0 aliphatic heterocycles. The van der Waals surface area contributed by atoms with Gasteiger partial charge in [0.2, 0.25) is 0 Å². The molecule has 0 aliphatic rings. The Bertz CT molecular complexity index is 681. The summed E-state index contributed by atoms with van der Waals surface area (Å²) in [7, 11) is 1.94. The van der Waals surface area contributed by atoms with E-state index in [-0.39, 0.29) is 0 Å². The van der Waals surface area contributed by atoms with Crippen LogP contribution in [0.1, 0.15) is 10.6 Å². The van der Waals surface area contributed by atoms with Crippen molar-refractivity contribution in [3.05, 3.63) is 65.2 Å². The third-order valence-corrected chi connectivity index (χ3v) is 3.92. The summed E-state index contributed by atoms with van der Waals surface area (Å²) in [4.78, 5) is 4.63. The maximum absolute atomic E-state index is 4.63. The summed E-state index contributed by atoms with van der Waals surface area (Å²) >= 11 is 1.71. The SMILES string of the molecule is CNC(=Cc1nc2ccccc2s1)c1ccccc1. The lowest BCUT2D eigenvalue weighted by Crippen LogP contribution is -2.03. The van der Waals surface area contributed by atoms with Crippen molar-refractivity contribution < 1.29 is 0 Å². The molecule has 0 spiro atoms. The van der Waals surface area contributed by atoms with Crippen molar-refractivity contribution in [1.82, 2.24) is 10.3 Å². The number of thiazole rings is 1. The molecule has 0 saturated carbocycles. The molecular weight excluding hydrogens is 252 g/mol. The molecule has 0 atom stereocenters. The second kappa shape index (κ2) is 5.24. The van der Waals surface area contributed by atoms with Crippen LogP contribution in [0, 0.1) is 0 Å². The van der Waals surface area contributed by atoms with E-state index in [4.69, 9.17) is 0 Å². The summed E-state index contributed by atoms with van der Waals surface area (Å²) in [6, 6.07) is 18.5. The van der Waals surface area contributed by atoms with Gasteiger partial charge in [-0.25, -0.2) is 4.98 Å². The predicted molar refractivity (Wildman–Crippen MR) is 83.0 cm³/mol. The van der Waals surface area contributed by atoms with Gasteiger partial charge in [-0.1, -0.05) is 42.5 Å². The Morgan fingerprint density at radius 3 is 2.53 bits per heavy atom. The Labute approximate surface area is 116 Å². The highest BCUT2D eigenvalue weighted by Crippen LogP contribution is 2.24. The minimum absolute atomic E-state index is 1.02. The van der Waals surface area contributed by atoms with E-state index in [1.54, 1.807) is 11.3 Å². The average molecular weight is 266 g/mol. The fraction of sp³-hybridized carbons (Fsp3) is 0.0625. The summed E-state index contributed by atoms with van der Waals surface area (Å²) in [5.41, 5.74) is 3.31. The Morgan fingerprint density at radius 1 is 1.05 bits per heavy atom. The van der Waals surface area contributed by atoms with Crippen molar-refractivity contribution in [2.45, 2.75) is 0 Å². The summed E-state index contributed by atoms with van der Waals surface area (Å²) in [6.07, 6.45) is 2.10. The molecule has 3 rings (SSSR count). The van der Waals surface area contributed by atoms with Crippen molar-refractivity contribution in [1.29, 1.82) is 0 Å². The molecule has 3 heteroatoms. The minimum Gasteiger partial charge on any atom is -0.388 e. The predicted octanol–water partition coefficient (Wildman–Crippen LogP) is 4.01. The second-order valence-electron chi connectivity index (χ2n) is 4.19. The highest BCUT2D eigenvalue weighted by Gasteiger charge is 2.03. The summed E-state index contributed by atoms with van der Waals surface area (Å²) < 4.78 is 1.22. The number of rotatable bonds is 3. The average Bonchev–Trinajstić information content (AvgIpc) is 2.88. The van der Waals surface area contributed by atoms with Gasteiger partial charge in [-0.3, -0.25) is 0 Å². The quantitative estimate of drug-likeness (QED) is 0.774. The summed E-state index contributed by atoms with van der Waals surface area (Å²) in [5.74, 6) is 0. The number of hydrogen-bond donors (Lipinski definition) is 1. The molecule has 0 saturated heterocycles. The van der Waals surface area contributed by atoms with Crippen LogP contribution in [-0.2, 0) is 0 Å². The third kappa shape index (κ3) is 2.51. The molecule has 19 heavy (non-hydrogen) atoms. The largest absolute Gasteiger partial charge is 0.388 e. The monoisotopic (exact) mass is 266 g/mol. The zero-order valence-electron chi connectivity index (χ0n) is 10.6. The lowest BCUT2D eigenvalue weighted by Gasteiger charge is -2.05. The van der Waals surface area contributed by atoms with E-state index < -0.39 is 0 Å². The molecular formula is C16H14N2S. The second-order valence-corrected chi connectivity index (χ2v) is 5.26. The van der Waals surface area contributed by atoms with E-state index >= 15 is 0 Å². The van der Waals surface area contributed by atoms with Crippen molar-refractivity contribution >= 4 is 33.3 Å². The van der Waals surface area contributed by atoms with Crippen LogP contribution >= 0.6 is 11.3 Å². The van der Waals surface area contributed by atoms with Crippen molar-refractivity contribution in [2.24, 2.45) is 0 Å². The van der Waals surface area contributed by atoms with Gasteiger partial charge in [0.05, 0.1) is 10.2 Å². The maximum Gasteiger partial charge on any atom is 0.119 e. The van der Waals surface area contributed by atoms with E-state index in [2.05, 4.69) is 34.6 Å². The first-order valence-corrected chi connectivity index (χ1v) is 6.99. The highest BCUT2D eigenvalue weighted by atomic mass is 32.1. The standard InChI is InChI=1S/C16H14N2S/c1-17-14(12-7-3-2-4-8-12)11-16-18-13-9-5-6-10-15(13)19-16/h2-11,17H,1H3. The Hall–Kier alpha value is -2.13. The summed E-state index contributed by atoms with van der Waals surface area (Å²) in [6.45, 7) is 0. The number of nitrogens with one attached hydrogen (secondary N) is 1. The van der Waals surface area contributed by atoms with Crippen LogP contribution in [0.5, 0.6) is 0 Å². The van der Waals surface area contributed by atoms with Crippen LogP contribution in [-0.4, -0.2) is 12.0 Å². The molecule has 1 aromatic heterocycles. The normalized spacial score (nSPS) is 11.7. The lowest BCUT2D eigenvalue weighted by atomic mass is 10.1. The number of aromatic nitrogens is 1. The number of benzene rings is 2. The molecule has 2 aromatic carbocycles. The first-order chi connectivity index (χ1) is 9.36. The molecule has 94 valence electrons. The highest BCUT2D eigenvalue weighted by molar-refractivity contribution is 7.19. The van der Waals surface area contributed by atoms with Gasteiger partial charge < -0.3 is 5.32 Å². The molecule has 0 radical (unpaired) electrons. The van der Waals surface area contributed by atoms with Crippen LogP contribution in [0.15, 0.2) is 54.6 Å². The topological polar surface area (TPSA) is 24.9 Å². The first kappa shape index (κ1) is 11.9. The van der Waals surface area contributed by atoms with Crippen LogP contribution < -0.4 is 5.32 Å². The van der Waals surface area contributed by atoms with E-state index in [1.807, 2.05) is 43.4 Å². The third-order valence-electron chi connectivity index (χ3n) is 2.93.